The van der Waals surface area contributed by atoms with E-state index in [1.54, 1.807) is 0 Å². The van der Waals surface area contributed by atoms with Crippen LogP contribution in [0.5, 0.6) is 5.75 Å². The number of nitrogens with two attached hydrogens (primary N) is 1. The summed E-state index contributed by atoms with van der Waals surface area (Å²) in [6, 6.07) is 14.6. The van der Waals surface area contributed by atoms with Gasteiger partial charge in [0.2, 0.25) is 0 Å². The number of aryl methyl sites for hydroxylation is 1. The van der Waals surface area contributed by atoms with Gasteiger partial charge in [0.05, 0.1) is 0 Å². The summed E-state index contributed by atoms with van der Waals surface area (Å²) in [4.78, 5) is 0. The summed E-state index contributed by atoms with van der Waals surface area (Å²) in [5, 5.41) is 0. The molecular formula is C17H20BrNO. The van der Waals surface area contributed by atoms with Crippen molar-refractivity contribution < 1.29 is 4.74 Å². The molecule has 0 saturated heterocycles. The van der Waals surface area contributed by atoms with Gasteiger partial charge in [0.15, 0.2) is 0 Å². The standard InChI is InChI=1S/C17H20BrNO/c1-12-3-5-14(6-4-12)11-20-16-7-8-17(18)15(10-16)9-13(2)19/h3-8,10,13H,9,11,19H2,1-2H3. The Balaban J connectivity index is 2.04. The summed E-state index contributed by atoms with van der Waals surface area (Å²) in [6.07, 6.45) is 0.836. The summed E-state index contributed by atoms with van der Waals surface area (Å²) in [5.41, 5.74) is 9.48. The Kier molecular flexibility index (Phi) is 5.21. The first-order valence-corrected chi connectivity index (χ1v) is 7.56. The predicted molar refractivity (Wildman–Crippen MR) is 87.0 cm³/mol. The van der Waals surface area contributed by atoms with Crippen LogP contribution in [0.15, 0.2) is 46.9 Å². The van der Waals surface area contributed by atoms with E-state index in [0.717, 1.165) is 16.6 Å². The van der Waals surface area contributed by atoms with Gasteiger partial charge in [-0.3, -0.25) is 0 Å². The van der Waals surface area contributed by atoms with Gasteiger partial charge in [0.1, 0.15) is 12.4 Å². The molecule has 0 spiro atoms. The molecule has 3 heteroatoms. The Bertz CT molecular complexity index is 564. The minimum Gasteiger partial charge on any atom is -0.489 e. The Labute approximate surface area is 129 Å². The van der Waals surface area contributed by atoms with Crippen LogP contribution < -0.4 is 10.5 Å². The molecule has 0 aliphatic heterocycles. The summed E-state index contributed by atoms with van der Waals surface area (Å²) in [7, 11) is 0. The van der Waals surface area contributed by atoms with Crippen molar-refractivity contribution in [2.45, 2.75) is 32.9 Å². The number of halogens is 1. The van der Waals surface area contributed by atoms with Crippen LogP contribution in [0, 0.1) is 6.92 Å². The predicted octanol–water partition coefficient (Wildman–Crippen LogP) is 4.23. The van der Waals surface area contributed by atoms with E-state index in [-0.39, 0.29) is 6.04 Å². The van der Waals surface area contributed by atoms with Crippen molar-refractivity contribution in [3.05, 3.63) is 63.6 Å². The highest BCUT2D eigenvalue weighted by atomic mass is 79.9. The highest BCUT2D eigenvalue weighted by Crippen LogP contribution is 2.24. The molecule has 2 aromatic carbocycles. The van der Waals surface area contributed by atoms with E-state index in [4.69, 9.17) is 10.5 Å². The summed E-state index contributed by atoms with van der Waals surface area (Å²) in [6.45, 7) is 4.67. The van der Waals surface area contributed by atoms with E-state index in [1.807, 2.05) is 19.1 Å². The smallest absolute Gasteiger partial charge is 0.120 e. The third-order valence-corrected chi connectivity index (χ3v) is 3.86. The van der Waals surface area contributed by atoms with Crippen molar-refractivity contribution in [2.75, 3.05) is 0 Å². The molecule has 0 bridgehead atoms. The number of benzene rings is 2. The van der Waals surface area contributed by atoms with Gasteiger partial charge in [-0.2, -0.15) is 0 Å². The van der Waals surface area contributed by atoms with Gasteiger partial charge in [-0.25, -0.2) is 0 Å². The molecule has 0 amide bonds. The van der Waals surface area contributed by atoms with Crippen molar-refractivity contribution in [3.8, 4) is 5.75 Å². The van der Waals surface area contributed by atoms with E-state index >= 15 is 0 Å². The first-order chi connectivity index (χ1) is 9.54. The zero-order valence-corrected chi connectivity index (χ0v) is 13.5. The average Bonchev–Trinajstić information content (AvgIpc) is 2.41. The largest absolute Gasteiger partial charge is 0.489 e. The van der Waals surface area contributed by atoms with Gasteiger partial charge in [-0.15, -0.1) is 0 Å². The average molecular weight is 334 g/mol. The molecule has 2 aromatic rings. The quantitative estimate of drug-likeness (QED) is 0.888. The summed E-state index contributed by atoms with van der Waals surface area (Å²) in [5.74, 6) is 0.879. The second kappa shape index (κ2) is 6.91. The molecule has 1 unspecified atom stereocenters. The topological polar surface area (TPSA) is 35.2 Å². The Morgan fingerprint density at radius 2 is 1.85 bits per heavy atom. The maximum atomic E-state index is 5.86. The van der Waals surface area contributed by atoms with Gasteiger partial charge in [-0.05, 0) is 49.6 Å². The van der Waals surface area contributed by atoms with E-state index in [9.17, 15) is 0 Å². The van der Waals surface area contributed by atoms with Crippen LogP contribution in [-0.4, -0.2) is 6.04 Å². The van der Waals surface area contributed by atoms with E-state index < -0.39 is 0 Å². The highest BCUT2D eigenvalue weighted by molar-refractivity contribution is 9.10. The lowest BCUT2D eigenvalue weighted by Crippen LogP contribution is -2.18. The first kappa shape index (κ1) is 15.1. The molecule has 0 saturated carbocycles. The fraction of sp³-hybridized carbons (Fsp3) is 0.294. The normalized spacial score (nSPS) is 12.2. The van der Waals surface area contributed by atoms with Crippen LogP contribution in [-0.2, 0) is 13.0 Å². The fourth-order valence-electron chi connectivity index (χ4n) is 2.00. The minimum atomic E-state index is 0.138. The summed E-state index contributed by atoms with van der Waals surface area (Å²) < 4.78 is 6.93. The lowest BCUT2D eigenvalue weighted by atomic mass is 10.1. The van der Waals surface area contributed by atoms with Crippen LogP contribution in [0.4, 0.5) is 0 Å². The fourth-order valence-corrected chi connectivity index (χ4v) is 2.40. The van der Waals surface area contributed by atoms with Gasteiger partial charge < -0.3 is 10.5 Å². The molecule has 2 rings (SSSR count). The number of hydrogen-bond acceptors (Lipinski definition) is 2. The molecule has 2 nitrogen and oxygen atoms in total. The Morgan fingerprint density at radius 3 is 2.50 bits per heavy atom. The van der Waals surface area contributed by atoms with E-state index in [2.05, 4.69) is 53.2 Å². The molecule has 0 aliphatic carbocycles. The first-order valence-electron chi connectivity index (χ1n) is 6.77. The second-order valence-electron chi connectivity index (χ2n) is 5.21. The van der Waals surface area contributed by atoms with Crippen LogP contribution in [0.1, 0.15) is 23.6 Å². The van der Waals surface area contributed by atoms with Crippen molar-refractivity contribution in [1.82, 2.24) is 0 Å². The SMILES string of the molecule is Cc1ccc(COc2ccc(Br)c(CC(C)N)c2)cc1. The zero-order chi connectivity index (χ0) is 14.5. The van der Waals surface area contributed by atoms with Gasteiger partial charge >= 0.3 is 0 Å². The highest BCUT2D eigenvalue weighted by Gasteiger charge is 2.05. The molecular weight excluding hydrogens is 314 g/mol. The number of rotatable bonds is 5. The van der Waals surface area contributed by atoms with Crippen LogP contribution >= 0.6 is 15.9 Å². The second-order valence-corrected chi connectivity index (χ2v) is 6.06. The zero-order valence-electron chi connectivity index (χ0n) is 11.9. The van der Waals surface area contributed by atoms with Gasteiger partial charge in [0, 0.05) is 10.5 Å². The van der Waals surface area contributed by atoms with Crippen LogP contribution in [0.3, 0.4) is 0 Å². The molecule has 1 atom stereocenters. The summed E-state index contributed by atoms with van der Waals surface area (Å²) >= 11 is 3.55. The Morgan fingerprint density at radius 1 is 1.15 bits per heavy atom. The lowest BCUT2D eigenvalue weighted by Gasteiger charge is -2.11. The van der Waals surface area contributed by atoms with Crippen molar-refractivity contribution >= 4 is 15.9 Å². The maximum Gasteiger partial charge on any atom is 0.120 e. The number of hydrogen-bond donors (Lipinski definition) is 1. The molecule has 2 N–H and O–H groups in total. The maximum absolute atomic E-state index is 5.86. The molecule has 0 heterocycles. The molecule has 106 valence electrons. The van der Waals surface area contributed by atoms with Crippen LogP contribution in [0.25, 0.3) is 0 Å². The number of ether oxygens (including phenoxy) is 1. The Hall–Kier alpha value is -1.32. The third-order valence-electron chi connectivity index (χ3n) is 3.09. The van der Waals surface area contributed by atoms with Crippen LogP contribution in [0.2, 0.25) is 0 Å². The molecule has 0 radical (unpaired) electrons. The van der Waals surface area contributed by atoms with Gasteiger partial charge in [-0.1, -0.05) is 45.8 Å². The minimum absolute atomic E-state index is 0.138. The lowest BCUT2D eigenvalue weighted by molar-refractivity contribution is 0.306. The van der Waals surface area contributed by atoms with Crippen molar-refractivity contribution in [3.63, 3.8) is 0 Å². The molecule has 20 heavy (non-hydrogen) atoms. The third kappa shape index (κ3) is 4.36. The van der Waals surface area contributed by atoms with E-state index in [1.165, 1.54) is 16.7 Å². The monoisotopic (exact) mass is 333 g/mol. The van der Waals surface area contributed by atoms with Crippen molar-refractivity contribution in [2.24, 2.45) is 5.73 Å². The molecule has 0 aliphatic rings. The van der Waals surface area contributed by atoms with Gasteiger partial charge in [0.25, 0.3) is 0 Å². The molecule has 0 fully saturated rings. The van der Waals surface area contributed by atoms with Crippen molar-refractivity contribution in [1.29, 1.82) is 0 Å². The molecule has 0 aromatic heterocycles. The van der Waals surface area contributed by atoms with E-state index in [0.29, 0.717) is 6.61 Å².